The van der Waals surface area contributed by atoms with Crippen molar-refractivity contribution >= 4 is 11.6 Å². The van der Waals surface area contributed by atoms with Crippen LogP contribution in [0.3, 0.4) is 0 Å². The zero-order chi connectivity index (χ0) is 12.3. The summed E-state index contributed by atoms with van der Waals surface area (Å²) in [5.41, 5.74) is 3.45. The first-order valence-corrected chi connectivity index (χ1v) is 5.24. The van der Waals surface area contributed by atoms with Gasteiger partial charge in [-0.05, 0) is 19.1 Å². The van der Waals surface area contributed by atoms with E-state index >= 15 is 0 Å². The van der Waals surface area contributed by atoms with Crippen LogP contribution in [0.1, 0.15) is 11.3 Å². The number of aromatic nitrogens is 2. The first kappa shape index (κ1) is 11.4. The topological polar surface area (TPSA) is 80.2 Å². The molecule has 0 aliphatic heterocycles. The SMILES string of the molecule is Cc1c(NN)ncnc1N(C)Cc1ccco1. The summed E-state index contributed by atoms with van der Waals surface area (Å²) in [4.78, 5) is 10.3. The van der Waals surface area contributed by atoms with Gasteiger partial charge in [-0.25, -0.2) is 15.8 Å². The van der Waals surface area contributed by atoms with Gasteiger partial charge in [-0.1, -0.05) is 0 Å². The molecule has 0 saturated carbocycles. The van der Waals surface area contributed by atoms with Gasteiger partial charge in [0, 0.05) is 12.6 Å². The van der Waals surface area contributed by atoms with Crippen molar-refractivity contribution in [3.05, 3.63) is 36.0 Å². The third kappa shape index (κ3) is 2.36. The minimum atomic E-state index is 0.626. The zero-order valence-corrected chi connectivity index (χ0v) is 9.84. The van der Waals surface area contributed by atoms with E-state index in [0.717, 1.165) is 17.1 Å². The molecule has 0 aromatic carbocycles. The third-order valence-corrected chi connectivity index (χ3v) is 2.53. The highest BCUT2D eigenvalue weighted by Gasteiger charge is 2.11. The van der Waals surface area contributed by atoms with Crippen molar-refractivity contribution < 1.29 is 4.42 Å². The van der Waals surface area contributed by atoms with Crippen LogP contribution in [-0.4, -0.2) is 17.0 Å². The molecule has 2 aromatic rings. The molecule has 6 heteroatoms. The average Bonchev–Trinajstić information content (AvgIpc) is 2.82. The lowest BCUT2D eigenvalue weighted by Crippen LogP contribution is -2.20. The van der Waals surface area contributed by atoms with Crippen LogP contribution in [0.4, 0.5) is 11.6 Å². The van der Waals surface area contributed by atoms with E-state index in [-0.39, 0.29) is 0 Å². The Hall–Kier alpha value is -2.08. The first-order valence-electron chi connectivity index (χ1n) is 5.24. The highest BCUT2D eigenvalue weighted by molar-refractivity contribution is 5.56. The van der Waals surface area contributed by atoms with E-state index in [9.17, 15) is 0 Å². The van der Waals surface area contributed by atoms with Crippen LogP contribution in [0, 0.1) is 6.92 Å². The summed E-state index contributed by atoms with van der Waals surface area (Å²) in [6.45, 7) is 2.57. The minimum Gasteiger partial charge on any atom is -0.467 e. The summed E-state index contributed by atoms with van der Waals surface area (Å²) >= 11 is 0. The molecular weight excluding hydrogens is 218 g/mol. The van der Waals surface area contributed by atoms with Gasteiger partial charge in [0.1, 0.15) is 23.7 Å². The summed E-state index contributed by atoms with van der Waals surface area (Å²) in [6, 6.07) is 3.79. The summed E-state index contributed by atoms with van der Waals surface area (Å²) in [5, 5.41) is 0. The second kappa shape index (κ2) is 4.84. The number of hydrogen-bond donors (Lipinski definition) is 2. The summed E-state index contributed by atoms with van der Waals surface area (Å²) in [6.07, 6.45) is 3.14. The number of nitrogen functional groups attached to an aromatic ring is 1. The van der Waals surface area contributed by atoms with Crippen LogP contribution < -0.4 is 16.2 Å². The monoisotopic (exact) mass is 233 g/mol. The quantitative estimate of drug-likeness (QED) is 0.612. The lowest BCUT2D eigenvalue weighted by molar-refractivity contribution is 0.506. The van der Waals surface area contributed by atoms with Gasteiger partial charge in [0.05, 0.1) is 12.8 Å². The fraction of sp³-hybridized carbons (Fsp3) is 0.273. The van der Waals surface area contributed by atoms with E-state index in [1.807, 2.05) is 31.0 Å². The second-order valence-corrected chi connectivity index (χ2v) is 3.75. The third-order valence-electron chi connectivity index (χ3n) is 2.53. The molecular formula is C11H15N5O. The molecule has 2 rings (SSSR count). The Balaban J connectivity index is 2.22. The largest absolute Gasteiger partial charge is 0.467 e. The molecule has 17 heavy (non-hydrogen) atoms. The maximum absolute atomic E-state index is 5.38. The maximum atomic E-state index is 5.38. The van der Waals surface area contributed by atoms with Crippen molar-refractivity contribution in [2.45, 2.75) is 13.5 Å². The predicted octanol–water partition coefficient (Wildman–Crippen LogP) is 1.30. The van der Waals surface area contributed by atoms with E-state index in [0.29, 0.717) is 12.4 Å². The van der Waals surface area contributed by atoms with Gasteiger partial charge in [-0.15, -0.1) is 0 Å². The number of nitrogens with zero attached hydrogens (tertiary/aromatic N) is 3. The number of hydrazine groups is 1. The Bertz CT molecular complexity index is 483. The molecule has 0 spiro atoms. The summed E-state index contributed by atoms with van der Waals surface area (Å²) in [7, 11) is 1.94. The van der Waals surface area contributed by atoms with Crippen molar-refractivity contribution in [3.8, 4) is 0 Å². The van der Waals surface area contributed by atoms with Gasteiger partial charge in [0.15, 0.2) is 0 Å². The Labute approximate surface area is 99.4 Å². The molecule has 0 aliphatic rings. The predicted molar refractivity (Wildman–Crippen MR) is 65.4 cm³/mol. The fourth-order valence-corrected chi connectivity index (χ4v) is 1.68. The van der Waals surface area contributed by atoms with Gasteiger partial charge in [-0.2, -0.15) is 0 Å². The van der Waals surface area contributed by atoms with E-state index in [1.165, 1.54) is 6.33 Å². The first-order chi connectivity index (χ1) is 8.22. The molecule has 2 aromatic heterocycles. The minimum absolute atomic E-state index is 0.626. The highest BCUT2D eigenvalue weighted by Crippen LogP contribution is 2.21. The van der Waals surface area contributed by atoms with Gasteiger partial charge < -0.3 is 14.7 Å². The van der Waals surface area contributed by atoms with Crippen LogP contribution in [0.15, 0.2) is 29.1 Å². The van der Waals surface area contributed by atoms with Crippen LogP contribution in [0.5, 0.6) is 0 Å². The number of nitrogens with one attached hydrogen (secondary N) is 1. The molecule has 90 valence electrons. The molecule has 6 nitrogen and oxygen atoms in total. The van der Waals surface area contributed by atoms with Crippen LogP contribution in [0.25, 0.3) is 0 Å². The Morgan fingerprint density at radius 3 is 2.94 bits per heavy atom. The lowest BCUT2D eigenvalue weighted by Gasteiger charge is -2.19. The number of hydrogen-bond acceptors (Lipinski definition) is 6. The van der Waals surface area contributed by atoms with Gasteiger partial charge >= 0.3 is 0 Å². The van der Waals surface area contributed by atoms with E-state index in [1.54, 1.807) is 6.26 Å². The molecule has 0 radical (unpaired) electrons. The van der Waals surface area contributed by atoms with Gasteiger partial charge in [0.25, 0.3) is 0 Å². The van der Waals surface area contributed by atoms with Gasteiger partial charge in [0.2, 0.25) is 0 Å². The molecule has 0 saturated heterocycles. The fourth-order valence-electron chi connectivity index (χ4n) is 1.68. The van der Waals surface area contributed by atoms with Crippen LogP contribution >= 0.6 is 0 Å². The van der Waals surface area contributed by atoms with Crippen molar-refractivity contribution in [2.24, 2.45) is 5.84 Å². The number of nitrogens with two attached hydrogens (primary N) is 1. The molecule has 0 amide bonds. The van der Waals surface area contributed by atoms with Gasteiger partial charge in [-0.3, -0.25) is 0 Å². The molecule has 2 heterocycles. The Kier molecular flexibility index (Phi) is 3.24. The second-order valence-electron chi connectivity index (χ2n) is 3.75. The normalized spacial score (nSPS) is 10.3. The van der Waals surface area contributed by atoms with Crippen LogP contribution in [-0.2, 0) is 6.54 Å². The van der Waals surface area contributed by atoms with Crippen molar-refractivity contribution in [3.63, 3.8) is 0 Å². The molecule has 0 atom stereocenters. The van der Waals surface area contributed by atoms with Crippen molar-refractivity contribution in [1.29, 1.82) is 0 Å². The molecule has 0 bridgehead atoms. The van der Waals surface area contributed by atoms with E-state index in [2.05, 4.69) is 15.4 Å². The highest BCUT2D eigenvalue weighted by atomic mass is 16.3. The molecule has 0 aliphatic carbocycles. The summed E-state index contributed by atoms with van der Waals surface area (Å²) in [5.74, 6) is 7.71. The smallest absolute Gasteiger partial charge is 0.148 e. The standard InChI is InChI=1S/C11H15N5O/c1-8-10(15-12)13-7-14-11(8)16(2)6-9-4-3-5-17-9/h3-5,7H,6,12H2,1-2H3,(H,13,14,15). The molecule has 0 fully saturated rings. The Morgan fingerprint density at radius 1 is 1.47 bits per heavy atom. The maximum Gasteiger partial charge on any atom is 0.148 e. The molecule has 3 N–H and O–H groups in total. The van der Waals surface area contributed by atoms with Crippen LogP contribution in [0.2, 0.25) is 0 Å². The zero-order valence-electron chi connectivity index (χ0n) is 9.84. The number of rotatable bonds is 4. The lowest BCUT2D eigenvalue weighted by atomic mass is 10.3. The number of anilines is 2. The Morgan fingerprint density at radius 2 is 2.29 bits per heavy atom. The summed E-state index contributed by atoms with van der Waals surface area (Å²) < 4.78 is 5.30. The van der Waals surface area contributed by atoms with E-state index < -0.39 is 0 Å². The van der Waals surface area contributed by atoms with Crippen molar-refractivity contribution in [2.75, 3.05) is 17.4 Å². The van der Waals surface area contributed by atoms with E-state index in [4.69, 9.17) is 10.3 Å². The number of furan rings is 1. The van der Waals surface area contributed by atoms with Crippen molar-refractivity contribution in [1.82, 2.24) is 9.97 Å². The average molecular weight is 233 g/mol. The molecule has 0 unspecified atom stereocenters.